The van der Waals surface area contributed by atoms with Gasteiger partial charge in [-0.05, 0) is 12.5 Å². The minimum absolute atomic E-state index is 0.0623. The summed E-state index contributed by atoms with van der Waals surface area (Å²) in [6.07, 6.45) is -1.68. The normalized spacial score (nSPS) is 13.1. The zero-order chi connectivity index (χ0) is 16.0. The summed E-state index contributed by atoms with van der Waals surface area (Å²) in [5, 5.41) is 12.9. The fourth-order valence-electron chi connectivity index (χ4n) is 2.37. The third kappa shape index (κ3) is 4.90. The maximum absolute atomic E-state index is 14.0. The van der Waals surface area contributed by atoms with Crippen molar-refractivity contribution in [1.82, 2.24) is 5.32 Å². The van der Waals surface area contributed by atoms with Gasteiger partial charge in [0.25, 0.3) is 5.92 Å². The lowest BCUT2D eigenvalue weighted by molar-refractivity contribution is -0.0493. The van der Waals surface area contributed by atoms with Crippen LogP contribution in [0, 0.1) is 6.92 Å². The van der Waals surface area contributed by atoms with Gasteiger partial charge >= 0.3 is 0 Å². The van der Waals surface area contributed by atoms with Crippen LogP contribution in [0.25, 0.3) is 0 Å². The largest absolute Gasteiger partial charge is 0.392 e. The van der Waals surface area contributed by atoms with E-state index < -0.39 is 18.4 Å². The van der Waals surface area contributed by atoms with Crippen molar-refractivity contribution in [3.8, 4) is 0 Å². The summed E-state index contributed by atoms with van der Waals surface area (Å²) in [6, 6.07) is 15.5. The van der Waals surface area contributed by atoms with Crippen LogP contribution in [-0.2, 0) is 12.5 Å². The molecule has 2 N–H and O–H groups in total. The molecule has 0 amide bonds. The molecule has 118 valence electrons. The number of alkyl halides is 2. The summed E-state index contributed by atoms with van der Waals surface area (Å²) < 4.78 is 28.0. The first-order valence-electron chi connectivity index (χ1n) is 7.35. The number of aryl methyl sites for hydroxylation is 1. The van der Waals surface area contributed by atoms with Gasteiger partial charge in [-0.15, -0.1) is 0 Å². The molecule has 0 aliphatic rings. The van der Waals surface area contributed by atoms with Crippen molar-refractivity contribution in [3.63, 3.8) is 0 Å². The first kappa shape index (κ1) is 16.6. The van der Waals surface area contributed by atoms with Crippen molar-refractivity contribution >= 4 is 0 Å². The van der Waals surface area contributed by atoms with Crippen LogP contribution < -0.4 is 5.32 Å². The summed E-state index contributed by atoms with van der Waals surface area (Å²) in [4.78, 5) is 0. The molecule has 2 aromatic carbocycles. The van der Waals surface area contributed by atoms with E-state index in [9.17, 15) is 13.9 Å². The lowest BCUT2D eigenvalue weighted by Crippen LogP contribution is -2.31. The maximum Gasteiger partial charge on any atom is 0.275 e. The number of nitrogens with one attached hydrogen (secondary N) is 1. The molecule has 0 saturated heterocycles. The zero-order valence-electron chi connectivity index (χ0n) is 12.6. The van der Waals surface area contributed by atoms with Gasteiger partial charge in [-0.25, -0.2) is 8.78 Å². The van der Waals surface area contributed by atoms with Crippen LogP contribution in [0.3, 0.4) is 0 Å². The van der Waals surface area contributed by atoms with E-state index in [0.717, 1.165) is 11.1 Å². The average molecular weight is 305 g/mol. The summed E-state index contributed by atoms with van der Waals surface area (Å²) in [5.74, 6) is -3.02. The van der Waals surface area contributed by atoms with Crippen molar-refractivity contribution in [2.45, 2.75) is 31.9 Å². The predicted molar refractivity (Wildman–Crippen MR) is 83.8 cm³/mol. The molecular formula is C18H21F2NO. The average Bonchev–Trinajstić information content (AvgIpc) is 2.48. The van der Waals surface area contributed by atoms with E-state index in [1.54, 1.807) is 18.2 Å². The first-order valence-corrected chi connectivity index (χ1v) is 7.35. The van der Waals surface area contributed by atoms with E-state index in [4.69, 9.17) is 0 Å². The summed E-state index contributed by atoms with van der Waals surface area (Å²) in [5.41, 5.74) is 2.16. The molecule has 0 aromatic heterocycles. The van der Waals surface area contributed by atoms with Crippen LogP contribution >= 0.6 is 0 Å². The molecule has 2 rings (SSSR count). The summed E-state index contributed by atoms with van der Waals surface area (Å²) in [7, 11) is 0. The van der Waals surface area contributed by atoms with E-state index in [-0.39, 0.29) is 12.1 Å². The maximum atomic E-state index is 14.0. The van der Waals surface area contributed by atoms with Gasteiger partial charge in [-0.2, -0.15) is 0 Å². The first-order chi connectivity index (χ1) is 10.5. The molecule has 0 saturated carbocycles. The topological polar surface area (TPSA) is 32.3 Å². The Morgan fingerprint density at radius 2 is 1.82 bits per heavy atom. The lowest BCUT2D eigenvalue weighted by Gasteiger charge is -2.20. The van der Waals surface area contributed by atoms with Crippen LogP contribution in [0.5, 0.6) is 0 Å². The monoisotopic (exact) mass is 305 g/mol. The summed E-state index contributed by atoms with van der Waals surface area (Å²) >= 11 is 0. The number of hydrogen-bond donors (Lipinski definition) is 2. The minimum Gasteiger partial charge on any atom is -0.392 e. The Morgan fingerprint density at radius 1 is 1.09 bits per heavy atom. The Balaban J connectivity index is 1.81. The second-order valence-corrected chi connectivity index (χ2v) is 5.55. The minimum atomic E-state index is -3.02. The van der Waals surface area contributed by atoms with Gasteiger partial charge in [0.2, 0.25) is 0 Å². The molecule has 0 aliphatic heterocycles. The predicted octanol–water partition coefficient (Wildman–Crippen LogP) is 3.63. The number of rotatable bonds is 7. The molecule has 4 heteroatoms. The Hall–Kier alpha value is -1.78. The molecular weight excluding hydrogens is 284 g/mol. The van der Waals surface area contributed by atoms with Crippen LogP contribution in [0.15, 0.2) is 54.6 Å². The Bertz CT molecular complexity index is 587. The Labute approximate surface area is 129 Å². The van der Waals surface area contributed by atoms with Crippen LogP contribution in [0.4, 0.5) is 8.78 Å². The number of halogens is 2. The van der Waals surface area contributed by atoms with Crippen molar-refractivity contribution < 1.29 is 13.9 Å². The van der Waals surface area contributed by atoms with Crippen molar-refractivity contribution in [2.24, 2.45) is 0 Å². The number of aliphatic hydroxyl groups excluding tert-OH is 1. The van der Waals surface area contributed by atoms with Crippen LogP contribution in [-0.4, -0.2) is 17.8 Å². The van der Waals surface area contributed by atoms with Gasteiger partial charge in [0.15, 0.2) is 0 Å². The molecule has 0 heterocycles. The molecule has 2 nitrogen and oxygen atoms in total. The number of aliphatic hydroxyl groups is 1. The highest BCUT2D eigenvalue weighted by Gasteiger charge is 2.33. The Kier molecular flexibility index (Phi) is 5.63. The van der Waals surface area contributed by atoms with E-state index in [1.165, 1.54) is 12.1 Å². The lowest BCUT2D eigenvalue weighted by atomic mass is 10.0. The van der Waals surface area contributed by atoms with E-state index >= 15 is 0 Å². The standard InChI is InChI=1S/C18H21F2NO/c1-14-6-5-7-15(10-14)12-21-13-17(22)11-18(19,20)16-8-3-2-4-9-16/h2-10,17,21-22H,11-13H2,1H3. The smallest absolute Gasteiger partial charge is 0.275 e. The van der Waals surface area contributed by atoms with Gasteiger partial charge in [0, 0.05) is 25.1 Å². The highest BCUT2D eigenvalue weighted by atomic mass is 19.3. The molecule has 0 fully saturated rings. The molecule has 0 aliphatic carbocycles. The van der Waals surface area contributed by atoms with Crippen molar-refractivity contribution in [1.29, 1.82) is 0 Å². The van der Waals surface area contributed by atoms with Gasteiger partial charge < -0.3 is 10.4 Å². The fraction of sp³-hybridized carbons (Fsp3) is 0.333. The molecule has 0 spiro atoms. The van der Waals surface area contributed by atoms with Crippen LogP contribution in [0.1, 0.15) is 23.1 Å². The van der Waals surface area contributed by atoms with Crippen molar-refractivity contribution in [2.75, 3.05) is 6.54 Å². The van der Waals surface area contributed by atoms with E-state index in [2.05, 4.69) is 5.32 Å². The van der Waals surface area contributed by atoms with Gasteiger partial charge in [-0.1, -0.05) is 60.2 Å². The second kappa shape index (κ2) is 7.47. The third-order valence-corrected chi connectivity index (χ3v) is 3.48. The zero-order valence-corrected chi connectivity index (χ0v) is 12.6. The second-order valence-electron chi connectivity index (χ2n) is 5.55. The SMILES string of the molecule is Cc1cccc(CNCC(O)CC(F)(F)c2ccccc2)c1. The highest BCUT2D eigenvalue weighted by Crippen LogP contribution is 2.32. The van der Waals surface area contributed by atoms with Crippen LogP contribution in [0.2, 0.25) is 0 Å². The third-order valence-electron chi connectivity index (χ3n) is 3.48. The quantitative estimate of drug-likeness (QED) is 0.819. The molecule has 0 bridgehead atoms. The molecule has 1 unspecified atom stereocenters. The Morgan fingerprint density at radius 3 is 2.50 bits per heavy atom. The number of hydrogen-bond acceptors (Lipinski definition) is 2. The number of benzene rings is 2. The van der Waals surface area contributed by atoms with Crippen molar-refractivity contribution in [3.05, 3.63) is 71.3 Å². The van der Waals surface area contributed by atoms with E-state index in [0.29, 0.717) is 6.54 Å². The van der Waals surface area contributed by atoms with E-state index in [1.807, 2.05) is 31.2 Å². The van der Waals surface area contributed by atoms with Gasteiger partial charge in [0.05, 0.1) is 6.10 Å². The molecule has 22 heavy (non-hydrogen) atoms. The van der Waals surface area contributed by atoms with Gasteiger partial charge in [0.1, 0.15) is 0 Å². The van der Waals surface area contributed by atoms with Gasteiger partial charge in [-0.3, -0.25) is 0 Å². The summed E-state index contributed by atoms with van der Waals surface area (Å²) in [6.45, 7) is 2.69. The fourth-order valence-corrected chi connectivity index (χ4v) is 2.37. The molecule has 2 aromatic rings. The molecule has 1 atom stereocenters. The molecule has 0 radical (unpaired) electrons. The highest BCUT2D eigenvalue weighted by molar-refractivity contribution is 5.22.